The quantitative estimate of drug-likeness (QED) is 0.397. The van der Waals surface area contributed by atoms with Crippen molar-refractivity contribution < 1.29 is 9.53 Å². The molecule has 33 heavy (non-hydrogen) atoms. The molecule has 1 aliphatic heterocycles. The summed E-state index contributed by atoms with van der Waals surface area (Å²) in [4.78, 5) is 32.2. The van der Waals surface area contributed by atoms with Crippen LogP contribution in [-0.4, -0.2) is 57.6 Å². The van der Waals surface area contributed by atoms with Crippen molar-refractivity contribution in [3.8, 4) is 0 Å². The third-order valence-electron chi connectivity index (χ3n) is 5.77. The van der Waals surface area contributed by atoms with E-state index in [1.807, 2.05) is 46.0 Å². The molecule has 4 aromatic rings. The highest BCUT2D eigenvalue weighted by Gasteiger charge is 2.18. The highest BCUT2D eigenvalue weighted by Crippen LogP contribution is 2.21. The van der Waals surface area contributed by atoms with Gasteiger partial charge in [0, 0.05) is 40.2 Å². The van der Waals surface area contributed by atoms with Crippen LogP contribution >= 0.6 is 15.9 Å². The number of benzene rings is 2. The zero-order valence-electron chi connectivity index (χ0n) is 18.1. The fourth-order valence-corrected chi connectivity index (χ4v) is 4.44. The van der Waals surface area contributed by atoms with E-state index in [0.717, 1.165) is 20.9 Å². The average molecular weight is 508 g/mol. The summed E-state index contributed by atoms with van der Waals surface area (Å²) in [7, 11) is 0. The molecule has 3 heterocycles. The number of carbonyl (C=O) groups is 1. The van der Waals surface area contributed by atoms with Crippen LogP contribution in [-0.2, 0) is 16.1 Å². The van der Waals surface area contributed by atoms with Crippen LogP contribution in [0.2, 0.25) is 0 Å². The van der Waals surface area contributed by atoms with Gasteiger partial charge in [-0.25, -0.2) is 4.98 Å². The molecular formula is C24H22BrN5O3. The number of aromatic nitrogens is 3. The fraction of sp³-hybridized carbons (Fsp3) is 0.250. The van der Waals surface area contributed by atoms with Gasteiger partial charge in [0.25, 0.3) is 5.56 Å². The Morgan fingerprint density at radius 1 is 1.18 bits per heavy atom. The molecular weight excluding hydrogens is 486 g/mol. The summed E-state index contributed by atoms with van der Waals surface area (Å²) in [5.41, 5.74) is 2.15. The van der Waals surface area contributed by atoms with Gasteiger partial charge in [0.05, 0.1) is 30.3 Å². The number of aryl methyl sites for hydroxylation is 1. The van der Waals surface area contributed by atoms with E-state index in [4.69, 9.17) is 4.74 Å². The first-order chi connectivity index (χ1) is 16.0. The van der Waals surface area contributed by atoms with E-state index in [1.165, 1.54) is 4.68 Å². The molecule has 1 saturated heterocycles. The molecule has 1 amide bonds. The normalized spacial score (nSPS) is 14.5. The second kappa shape index (κ2) is 8.92. The van der Waals surface area contributed by atoms with Crippen molar-refractivity contribution in [1.82, 2.24) is 19.1 Å². The molecule has 0 atom stereocenters. The number of ether oxygens (including phenoxy) is 1. The monoisotopic (exact) mass is 507 g/mol. The number of morpholine rings is 1. The fourth-order valence-electron chi connectivity index (χ4n) is 4.08. The summed E-state index contributed by atoms with van der Waals surface area (Å²) in [5.74, 6) is 0.552. The van der Waals surface area contributed by atoms with Crippen LogP contribution in [0.5, 0.6) is 0 Å². The lowest BCUT2D eigenvalue weighted by molar-refractivity contribution is -0.135. The number of hydrogen-bond acceptors (Lipinski definition) is 5. The number of halogens is 1. The van der Waals surface area contributed by atoms with E-state index in [-0.39, 0.29) is 18.0 Å². The molecule has 168 valence electrons. The number of para-hydroxylation sites is 1. The van der Waals surface area contributed by atoms with Gasteiger partial charge in [0.2, 0.25) is 5.91 Å². The van der Waals surface area contributed by atoms with Gasteiger partial charge in [-0.1, -0.05) is 34.1 Å². The van der Waals surface area contributed by atoms with Crippen LogP contribution in [0.3, 0.4) is 0 Å². The predicted octanol–water partition coefficient (Wildman–Crippen LogP) is 3.16. The zero-order valence-corrected chi connectivity index (χ0v) is 19.7. The third-order valence-corrected chi connectivity index (χ3v) is 6.26. The first-order valence-corrected chi connectivity index (χ1v) is 11.5. The molecule has 8 nitrogen and oxygen atoms in total. The standard InChI is InChI=1S/C24H22BrN5O3/c1-16-27-21-7-6-18(25)12-20(21)24(32)30(16)26-13-17-14-29(22-5-3-2-4-19(17)22)15-23(31)28-8-10-33-11-9-28/h2-7,12-14H,8-11,15H2,1H3. The Balaban J connectivity index is 1.51. The summed E-state index contributed by atoms with van der Waals surface area (Å²) < 4.78 is 9.39. The number of amides is 1. The molecule has 5 rings (SSSR count). The van der Waals surface area contributed by atoms with Gasteiger partial charge >= 0.3 is 0 Å². The van der Waals surface area contributed by atoms with E-state index in [2.05, 4.69) is 26.0 Å². The molecule has 0 N–H and O–H groups in total. The van der Waals surface area contributed by atoms with Crippen LogP contribution in [0.4, 0.5) is 0 Å². The van der Waals surface area contributed by atoms with Gasteiger partial charge in [0.15, 0.2) is 0 Å². The van der Waals surface area contributed by atoms with Crippen LogP contribution in [0, 0.1) is 6.92 Å². The second-order valence-corrected chi connectivity index (χ2v) is 8.82. The third kappa shape index (κ3) is 4.21. The molecule has 2 aromatic carbocycles. The summed E-state index contributed by atoms with van der Waals surface area (Å²) >= 11 is 3.41. The molecule has 0 aliphatic carbocycles. The van der Waals surface area contributed by atoms with E-state index < -0.39 is 0 Å². The lowest BCUT2D eigenvalue weighted by Gasteiger charge is -2.27. The highest BCUT2D eigenvalue weighted by molar-refractivity contribution is 9.10. The van der Waals surface area contributed by atoms with Gasteiger partial charge in [-0.3, -0.25) is 9.59 Å². The maximum absolute atomic E-state index is 13.0. The first-order valence-electron chi connectivity index (χ1n) is 10.7. The molecule has 0 saturated carbocycles. The smallest absolute Gasteiger partial charge is 0.282 e. The minimum Gasteiger partial charge on any atom is -0.378 e. The Kier molecular flexibility index (Phi) is 5.82. The Labute approximate surface area is 198 Å². The van der Waals surface area contributed by atoms with E-state index in [0.29, 0.717) is 43.0 Å². The Morgan fingerprint density at radius 3 is 2.79 bits per heavy atom. The van der Waals surface area contributed by atoms with Crippen LogP contribution in [0.25, 0.3) is 21.8 Å². The van der Waals surface area contributed by atoms with Gasteiger partial charge < -0.3 is 14.2 Å². The number of fused-ring (bicyclic) bond motifs is 2. The molecule has 1 aliphatic rings. The van der Waals surface area contributed by atoms with Gasteiger partial charge in [-0.2, -0.15) is 9.78 Å². The number of rotatable bonds is 4. The van der Waals surface area contributed by atoms with Gasteiger partial charge in [-0.15, -0.1) is 0 Å². The lowest BCUT2D eigenvalue weighted by Crippen LogP contribution is -2.42. The topological polar surface area (TPSA) is 81.7 Å². The van der Waals surface area contributed by atoms with Crippen LogP contribution in [0.1, 0.15) is 11.4 Å². The first kappa shape index (κ1) is 21.5. The summed E-state index contributed by atoms with van der Waals surface area (Å²) in [6, 6.07) is 13.3. The summed E-state index contributed by atoms with van der Waals surface area (Å²) in [6.45, 7) is 4.35. The predicted molar refractivity (Wildman–Crippen MR) is 131 cm³/mol. The van der Waals surface area contributed by atoms with Crippen molar-refractivity contribution in [2.75, 3.05) is 26.3 Å². The maximum atomic E-state index is 13.0. The summed E-state index contributed by atoms with van der Waals surface area (Å²) in [6.07, 6.45) is 3.55. The van der Waals surface area contributed by atoms with E-state index >= 15 is 0 Å². The Bertz CT molecular complexity index is 1450. The Morgan fingerprint density at radius 2 is 1.97 bits per heavy atom. The SMILES string of the molecule is Cc1nc2ccc(Br)cc2c(=O)n1N=Cc1cn(CC(=O)N2CCOCC2)c2ccccc12. The maximum Gasteiger partial charge on any atom is 0.282 e. The number of hydrogen-bond donors (Lipinski definition) is 0. The molecule has 0 bridgehead atoms. The average Bonchev–Trinajstić information content (AvgIpc) is 3.17. The lowest BCUT2D eigenvalue weighted by atomic mass is 10.2. The largest absolute Gasteiger partial charge is 0.378 e. The molecule has 0 spiro atoms. The van der Waals surface area contributed by atoms with Crippen LogP contribution in [0.15, 0.2) is 63.0 Å². The number of nitrogens with zero attached hydrogens (tertiary/aromatic N) is 5. The minimum atomic E-state index is -0.235. The zero-order chi connectivity index (χ0) is 22.9. The van der Waals surface area contributed by atoms with Crippen LogP contribution < -0.4 is 5.56 Å². The molecule has 0 radical (unpaired) electrons. The van der Waals surface area contributed by atoms with Crippen molar-refractivity contribution in [3.05, 3.63) is 74.9 Å². The van der Waals surface area contributed by atoms with Crippen molar-refractivity contribution in [1.29, 1.82) is 0 Å². The highest BCUT2D eigenvalue weighted by atomic mass is 79.9. The van der Waals surface area contributed by atoms with E-state index in [9.17, 15) is 9.59 Å². The number of carbonyl (C=O) groups excluding carboxylic acids is 1. The van der Waals surface area contributed by atoms with Gasteiger partial charge in [0.1, 0.15) is 12.4 Å². The minimum absolute atomic E-state index is 0.0545. The van der Waals surface area contributed by atoms with Crippen molar-refractivity contribution in [3.63, 3.8) is 0 Å². The molecule has 9 heteroatoms. The Hall–Kier alpha value is -3.30. The second-order valence-electron chi connectivity index (χ2n) is 7.90. The molecule has 0 unspecified atom stereocenters. The molecule has 2 aromatic heterocycles. The van der Waals surface area contributed by atoms with Crippen molar-refractivity contribution in [2.45, 2.75) is 13.5 Å². The van der Waals surface area contributed by atoms with Crippen molar-refractivity contribution >= 4 is 49.9 Å². The molecule has 1 fully saturated rings. The van der Waals surface area contributed by atoms with E-state index in [1.54, 1.807) is 25.3 Å². The van der Waals surface area contributed by atoms with Gasteiger partial charge in [-0.05, 0) is 31.2 Å². The summed E-state index contributed by atoms with van der Waals surface area (Å²) in [5, 5.41) is 5.91. The van der Waals surface area contributed by atoms with Crippen molar-refractivity contribution in [2.24, 2.45) is 5.10 Å².